The van der Waals surface area contributed by atoms with Gasteiger partial charge in [-0.3, -0.25) is 0 Å². The molecule has 0 unspecified atom stereocenters. The summed E-state index contributed by atoms with van der Waals surface area (Å²) < 4.78 is 39.2. The number of sulfonamides is 1. The minimum Gasteiger partial charge on any atom is -0.320 e. The highest BCUT2D eigenvalue weighted by Crippen LogP contribution is 2.19. The molecule has 1 aromatic carbocycles. The molecule has 0 aliphatic heterocycles. The van der Waals surface area contributed by atoms with Gasteiger partial charge in [0.15, 0.2) is 0 Å². The number of rotatable bonds is 4. The van der Waals surface area contributed by atoms with Gasteiger partial charge in [0, 0.05) is 19.2 Å². The molecule has 19 heavy (non-hydrogen) atoms. The molecule has 0 saturated carbocycles. The smallest absolute Gasteiger partial charge is 0.245 e. The van der Waals surface area contributed by atoms with E-state index in [-0.39, 0.29) is 11.4 Å². The average molecular weight is 284 g/mol. The van der Waals surface area contributed by atoms with Crippen LogP contribution in [0, 0.1) is 17.7 Å². The topological polar surface area (TPSA) is 63.4 Å². The molecule has 2 N–H and O–H groups in total. The molecule has 1 rings (SSSR count). The van der Waals surface area contributed by atoms with Crippen molar-refractivity contribution in [3.05, 3.63) is 29.6 Å². The van der Waals surface area contributed by atoms with Gasteiger partial charge in [-0.15, -0.1) is 0 Å². The van der Waals surface area contributed by atoms with E-state index in [0.717, 1.165) is 10.4 Å². The number of halogens is 1. The molecule has 0 aliphatic rings. The fourth-order valence-electron chi connectivity index (χ4n) is 1.54. The van der Waals surface area contributed by atoms with Crippen molar-refractivity contribution in [3.8, 4) is 11.8 Å². The molecule has 0 fully saturated rings. The second-order valence-corrected chi connectivity index (χ2v) is 5.99. The van der Waals surface area contributed by atoms with E-state index >= 15 is 0 Å². The second kappa shape index (κ2) is 6.66. The molecule has 0 spiro atoms. The lowest BCUT2D eigenvalue weighted by atomic mass is 10.2. The number of hydrogen-bond donors (Lipinski definition) is 1. The van der Waals surface area contributed by atoms with Crippen LogP contribution in [0.15, 0.2) is 23.1 Å². The van der Waals surface area contributed by atoms with Gasteiger partial charge in [0.25, 0.3) is 0 Å². The minimum atomic E-state index is -3.78. The van der Waals surface area contributed by atoms with E-state index in [1.807, 2.05) is 6.92 Å². The molecule has 0 aliphatic carbocycles. The van der Waals surface area contributed by atoms with Crippen LogP contribution < -0.4 is 5.73 Å². The van der Waals surface area contributed by atoms with Crippen molar-refractivity contribution in [2.45, 2.75) is 18.2 Å². The summed E-state index contributed by atoms with van der Waals surface area (Å²) >= 11 is 0. The van der Waals surface area contributed by atoms with E-state index in [9.17, 15) is 12.8 Å². The predicted octanol–water partition coefficient (Wildman–Crippen LogP) is 1.17. The van der Waals surface area contributed by atoms with Crippen LogP contribution in [-0.4, -0.2) is 32.9 Å². The Labute approximate surface area is 113 Å². The third-order valence-corrected chi connectivity index (χ3v) is 4.38. The first-order valence-electron chi connectivity index (χ1n) is 5.88. The largest absolute Gasteiger partial charge is 0.320 e. The monoisotopic (exact) mass is 284 g/mol. The third-order valence-electron chi connectivity index (χ3n) is 2.49. The Balaban J connectivity index is 3.16. The zero-order valence-corrected chi connectivity index (χ0v) is 11.8. The van der Waals surface area contributed by atoms with Crippen molar-refractivity contribution < 1.29 is 12.8 Å². The fourth-order valence-corrected chi connectivity index (χ4v) is 2.85. The van der Waals surface area contributed by atoms with Gasteiger partial charge in [0.1, 0.15) is 10.7 Å². The highest BCUT2D eigenvalue weighted by molar-refractivity contribution is 7.89. The van der Waals surface area contributed by atoms with E-state index < -0.39 is 15.8 Å². The molecule has 0 amide bonds. The quantitative estimate of drug-likeness (QED) is 0.844. The number of nitrogens with zero attached hydrogens (tertiary/aromatic N) is 1. The Morgan fingerprint density at radius 2 is 2.11 bits per heavy atom. The van der Waals surface area contributed by atoms with Gasteiger partial charge in [-0.05, 0) is 24.6 Å². The highest BCUT2D eigenvalue weighted by atomic mass is 32.2. The average Bonchev–Trinajstić information content (AvgIpc) is 2.36. The molecule has 0 saturated heterocycles. The Morgan fingerprint density at radius 1 is 1.42 bits per heavy atom. The molecule has 1 aromatic rings. The highest BCUT2D eigenvalue weighted by Gasteiger charge is 2.23. The van der Waals surface area contributed by atoms with Crippen LogP contribution in [-0.2, 0) is 10.0 Å². The van der Waals surface area contributed by atoms with Crippen LogP contribution in [0.5, 0.6) is 0 Å². The maximum atomic E-state index is 13.9. The molecule has 104 valence electrons. The van der Waals surface area contributed by atoms with Gasteiger partial charge in [-0.25, -0.2) is 17.1 Å². The summed E-state index contributed by atoms with van der Waals surface area (Å²) in [5.41, 5.74) is 5.62. The zero-order valence-electron chi connectivity index (χ0n) is 11.0. The summed E-state index contributed by atoms with van der Waals surface area (Å²) in [5, 5.41) is 0. The molecule has 0 atom stereocenters. The Hall–Kier alpha value is -1.42. The van der Waals surface area contributed by atoms with Gasteiger partial charge in [-0.1, -0.05) is 18.8 Å². The number of nitrogens with two attached hydrogens (primary N) is 1. The molecule has 0 bridgehead atoms. The van der Waals surface area contributed by atoms with Crippen LogP contribution in [0.1, 0.15) is 18.9 Å². The van der Waals surface area contributed by atoms with Crippen molar-refractivity contribution >= 4 is 10.0 Å². The van der Waals surface area contributed by atoms with Crippen LogP contribution in [0.4, 0.5) is 4.39 Å². The summed E-state index contributed by atoms with van der Waals surface area (Å²) in [6.07, 6.45) is 0.664. The van der Waals surface area contributed by atoms with Gasteiger partial charge >= 0.3 is 0 Å². The first-order chi connectivity index (χ1) is 8.93. The van der Waals surface area contributed by atoms with Gasteiger partial charge in [0.05, 0.1) is 6.54 Å². The molecule has 0 aromatic heterocycles. The Kier molecular flexibility index (Phi) is 5.48. The van der Waals surface area contributed by atoms with E-state index in [1.165, 1.54) is 19.2 Å². The van der Waals surface area contributed by atoms with Gasteiger partial charge < -0.3 is 5.73 Å². The van der Waals surface area contributed by atoms with Crippen LogP contribution in [0.3, 0.4) is 0 Å². The van der Waals surface area contributed by atoms with E-state index in [0.29, 0.717) is 18.5 Å². The molecular weight excluding hydrogens is 267 g/mol. The summed E-state index contributed by atoms with van der Waals surface area (Å²) in [6, 6.07) is 3.81. The van der Waals surface area contributed by atoms with E-state index in [4.69, 9.17) is 5.73 Å². The lowest BCUT2D eigenvalue weighted by Crippen LogP contribution is -2.28. The lowest BCUT2D eigenvalue weighted by molar-refractivity contribution is 0.462. The molecule has 4 nitrogen and oxygen atoms in total. The van der Waals surface area contributed by atoms with Crippen molar-refractivity contribution in [2.24, 2.45) is 5.73 Å². The molecule has 6 heteroatoms. The summed E-state index contributed by atoms with van der Waals surface area (Å²) in [5.74, 6) is 4.44. The van der Waals surface area contributed by atoms with Crippen LogP contribution >= 0.6 is 0 Å². The number of hydrogen-bond acceptors (Lipinski definition) is 3. The SMILES string of the molecule is CCCN(C)S(=O)(=O)c1ccc(C#CCN)cc1F. The van der Waals surface area contributed by atoms with Crippen LogP contribution in [0.2, 0.25) is 0 Å². The van der Waals surface area contributed by atoms with Crippen LogP contribution in [0.25, 0.3) is 0 Å². The zero-order chi connectivity index (χ0) is 14.5. The van der Waals surface area contributed by atoms with Gasteiger partial charge in [0.2, 0.25) is 10.0 Å². The third kappa shape index (κ3) is 3.77. The van der Waals surface area contributed by atoms with E-state index in [1.54, 1.807) is 0 Å². The molecular formula is C13H17FN2O2S. The first-order valence-corrected chi connectivity index (χ1v) is 7.32. The normalized spacial score (nSPS) is 11.2. The fraction of sp³-hybridized carbons (Fsp3) is 0.385. The maximum Gasteiger partial charge on any atom is 0.245 e. The van der Waals surface area contributed by atoms with Crippen molar-refractivity contribution in [1.82, 2.24) is 4.31 Å². The predicted molar refractivity (Wildman–Crippen MR) is 72.4 cm³/mol. The van der Waals surface area contributed by atoms with Crippen molar-refractivity contribution in [2.75, 3.05) is 20.1 Å². The lowest BCUT2D eigenvalue weighted by Gasteiger charge is -2.16. The Bertz CT molecular complexity index is 603. The van der Waals surface area contributed by atoms with Crippen molar-refractivity contribution in [3.63, 3.8) is 0 Å². The molecule has 0 radical (unpaired) electrons. The molecule has 0 heterocycles. The van der Waals surface area contributed by atoms with Gasteiger partial charge in [-0.2, -0.15) is 0 Å². The standard InChI is InChI=1S/C13H17FN2O2S/c1-3-9-16(2)19(17,18)13-7-6-11(5-4-8-15)10-12(13)14/h6-7,10H,3,8-9,15H2,1-2H3. The minimum absolute atomic E-state index is 0.168. The second-order valence-electron chi connectivity index (χ2n) is 3.98. The summed E-state index contributed by atoms with van der Waals surface area (Å²) in [7, 11) is -2.35. The van der Waals surface area contributed by atoms with E-state index in [2.05, 4.69) is 11.8 Å². The summed E-state index contributed by atoms with van der Waals surface area (Å²) in [6.45, 7) is 2.37. The Morgan fingerprint density at radius 3 is 2.63 bits per heavy atom. The summed E-state index contributed by atoms with van der Waals surface area (Å²) in [4.78, 5) is -0.332. The van der Waals surface area contributed by atoms with Crippen molar-refractivity contribution in [1.29, 1.82) is 0 Å². The number of benzene rings is 1. The first kappa shape index (κ1) is 15.6. The maximum absolute atomic E-state index is 13.9.